The molecule has 166 valence electrons. The molecule has 0 spiro atoms. The van der Waals surface area contributed by atoms with Gasteiger partial charge in [0.25, 0.3) is 5.91 Å². The number of rotatable bonds is 5. The average Bonchev–Trinajstić information content (AvgIpc) is 3.11. The molecule has 0 saturated heterocycles. The lowest BCUT2D eigenvalue weighted by molar-refractivity contribution is -0.119. The number of hydrogen-bond donors (Lipinski definition) is 1. The Hall–Kier alpha value is -2.28. The van der Waals surface area contributed by atoms with Gasteiger partial charge in [-0.2, -0.15) is 0 Å². The summed E-state index contributed by atoms with van der Waals surface area (Å²) in [5.41, 5.74) is 1.45. The zero-order valence-corrected chi connectivity index (χ0v) is 19.7. The Morgan fingerprint density at radius 2 is 1.75 bits per heavy atom. The van der Waals surface area contributed by atoms with Crippen molar-refractivity contribution in [2.45, 2.75) is 38.1 Å². The second-order valence-corrected chi connectivity index (χ2v) is 9.48. The summed E-state index contributed by atoms with van der Waals surface area (Å²) in [6.07, 6.45) is 7.18. The highest BCUT2D eigenvalue weighted by molar-refractivity contribution is 8.14. The van der Waals surface area contributed by atoms with Crippen molar-refractivity contribution in [1.29, 1.82) is 0 Å². The van der Waals surface area contributed by atoms with E-state index in [1.807, 2.05) is 30.3 Å². The van der Waals surface area contributed by atoms with Crippen LogP contribution in [-0.4, -0.2) is 28.8 Å². The fourth-order valence-electron chi connectivity index (χ4n) is 3.83. The molecule has 2 amide bonds. The molecule has 0 atom stereocenters. The molecule has 2 aliphatic rings. The molecule has 0 bridgehead atoms. The average molecular weight is 488 g/mol. The van der Waals surface area contributed by atoms with Crippen LogP contribution >= 0.6 is 35.0 Å². The summed E-state index contributed by atoms with van der Waals surface area (Å²) in [4.78, 5) is 31.8. The summed E-state index contributed by atoms with van der Waals surface area (Å²) in [6, 6.07) is 14.7. The summed E-state index contributed by atoms with van der Waals surface area (Å²) >= 11 is 13.8. The third-order valence-electron chi connectivity index (χ3n) is 5.43. The largest absolute Gasteiger partial charge is 0.353 e. The van der Waals surface area contributed by atoms with Crippen molar-refractivity contribution in [2.75, 3.05) is 10.7 Å². The normalized spacial score (nSPS) is 18.2. The number of anilines is 1. The Morgan fingerprint density at radius 1 is 1.06 bits per heavy atom. The summed E-state index contributed by atoms with van der Waals surface area (Å²) in [5.74, 6) is -0.148. The maximum Gasteiger partial charge on any atom is 0.283 e. The number of hydrogen-bond acceptors (Lipinski definition) is 4. The lowest BCUT2D eigenvalue weighted by Crippen LogP contribution is -2.38. The predicted molar refractivity (Wildman–Crippen MR) is 133 cm³/mol. The highest BCUT2D eigenvalue weighted by Crippen LogP contribution is 2.32. The first kappa shape index (κ1) is 22.9. The molecule has 1 aliphatic carbocycles. The van der Waals surface area contributed by atoms with Crippen molar-refractivity contribution in [2.24, 2.45) is 4.99 Å². The quantitative estimate of drug-likeness (QED) is 0.532. The van der Waals surface area contributed by atoms with Crippen LogP contribution in [-0.2, 0) is 9.59 Å². The Morgan fingerprint density at radius 3 is 2.44 bits per heavy atom. The van der Waals surface area contributed by atoms with Crippen LogP contribution in [0.15, 0.2) is 59.2 Å². The highest BCUT2D eigenvalue weighted by atomic mass is 35.5. The van der Waals surface area contributed by atoms with Crippen LogP contribution in [0.1, 0.15) is 37.7 Å². The second-order valence-electron chi connectivity index (χ2n) is 7.73. The molecule has 32 heavy (non-hydrogen) atoms. The van der Waals surface area contributed by atoms with E-state index in [1.54, 1.807) is 24.3 Å². The molecule has 1 aliphatic heterocycles. The molecule has 1 N–H and O–H groups in total. The molecule has 1 heterocycles. The summed E-state index contributed by atoms with van der Waals surface area (Å²) in [6.45, 7) is 0. The number of nitrogens with zero attached hydrogens (tertiary/aromatic N) is 2. The van der Waals surface area contributed by atoms with E-state index in [-0.39, 0.29) is 29.3 Å². The molecule has 2 aromatic carbocycles. The van der Waals surface area contributed by atoms with Gasteiger partial charge in [-0.1, -0.05) is 78.5 Å². The number of benzene rings is 2. The van der Waals surface area contributed by atoms with Crippen LogP contribution in [0.4, 0.5) is 5.69 Å². The van der Waals surface area contributed by atoms with E-state index < -0.39 is 0 Å². The number of para-hydroxylation sites is 1. The van der Waals surface area contributed by atoms with Crippen molar-refractivity contribution in [3.8, 4) is 0 Å². The van der Waals surface area contributed by atoms with E-state index in [0.29, 0.717) is 26.5 Å². The number of aliphatic imine (C=N–C) groups is 1. The molecular weight excluding hydrogens is 465 g/mol. The fraction of sp³-hybridized carbons (Fsp3) is 0.292. The number of carbonyl (C=O) groups is 2. The van der Waals surface area contributed by atoms with E-state index in [0.717, 1.165) is 25.7 Å². The second kappa shape index (κ2) is 10.6. The standard InChI is InChI=1S/C24H23Cl2N3O2S/c25-19-12-7-13-20(26)18(19)14-21-23(31)29(17-10-5-2-6-11-17)24(28-21)32-15-22(30)27-16-8-3-1-4-9-16/h2,5-7,10-14,16H,1,3-4,8-9,15H2,(H,27,30)/b21-14+. The molecule has 0 aromatic heterocycles. The van der Waals surface area contributed by atoms with Gasteiger partial charge in [0.2, 0.25) is 5.91 Å². The smallest absolute Gasteiger partial charge is 0.283 e. The fourth-order valence-corrected chi connectivity index (χ4v) is 5.16. The lowest BCUT2D eigenvalue weighted by Gasteiger charge is -2.23. The molecule has 0 radical (unpaired) electrons. The van der Waals surface area contributed by atoms with E-state index in [1.165, 1.54) is 23.1 Å². The summed E-state index contributed by atoms with van der Waals surface area (Å²) < 4.78 is 0. The van der Waals surface area contributed by atoms with Crippen molar-refractivity contribution in [1.82, 2.24) is 5.32 Å². The minimum Gasteiger partial charge on any atom is -0.353 e. The molecule has 4 rings (SSSR count). The number of nitrogens with one attached hydrogen (secondary N) is 1. The zero-order valence-electron chi connectivity index (χ0n) is 17.4. The minimum absolute atomic E-state index is 0.0448. The van der Waals surface area contributed by atoms with Gasteiger partial charge in [0, 0.05) is 21.7 Å². The Labute approximate surface area is 201 Å². The number of halogens is 2. The van der Waals surface area contributed by atoms with Crippen LogP contribution < -0.4 is 10.2 Å². The number of amides is 2. The monoisotopic (exact) mass is 487 g/mol. The number of amidine groups is 1. The lowest BCUT2D eigenvalue weighted by atomic mass is 9.95. The van der Waals surface area contributed by atoms with Crippen molar-refractivity contribution < 1.29 is 9.59 Å². The molecular formula is C24H23Cl2N3O2S. The van der Waals surface area contributed by atoms with Gasteiger partial charge in [-0.15, -0.1) is 0 Å². The van der Waals surface area contributed by atoms with Gasteiger partial charge in [-0.25, -0.2) is 4.99 Å². The van der Waals surface area contributed by atoms with Crippen molar-refractivity contribution in [3.05, 3.63) is 69.8 Å². The van der Waals surface area contributed by atoms with Gasteiger partial charge in [-0.3, -0.25) is 14.5 Å². The van der Waals surface area contributed by atoms with E-state index in [9.17, 15) is 9.59 Å². The third-order valence-corrected chi connectivity index (χ3v) is 7.03. The maximum atomic E-state index is 13.2. The molecule has 1 fully saturated rings. The predicted octanol–water partition coefficient (Wildman–Crippen LogP) is 5.92. The van der Waals surface area contributed by atoms with Gasteiger partial charge in [0.1, 0.15) is 5.70 Å². The van der Waals surface area contributed by atoms with Gasteiger partial charge in [0.05, 0.1) is 11.4 Å². The highest BCUT2D eigenvalue weighted by Gasteiger charge is 2.32. The summed E-state index contributed by atoms with van der Waals surface area (Å²) in [5, 5.41) is 4.43. The summed E-state index contributed by atoms with van der Waals surface area (Å²) in [7, 11) is 0. The third kappa shape index (κ3) is 5.37. The van der Waals surface area contributed by atoms with E-state index >= 15 is 0 Å². The Balaban J connectivity index is 1.56. The van der Waals surface area contributed by atoms with Gasteiger partial charge >= 0.3 is 0 Å². The Bertz CT molecular complexity index is 1050. The molecule has 5 nitrogen and oxygen atoms in total. The van der Waals surface area contributed by atoms with Gasteiger partial charge < -0.3 is 5.32 Å². The van der Waals surface area contributed by atoms with Gasteiger partial charge in [0.15, 0.2) is 5.17 Å². The van der Waals surface area contributed by atoms with Crippen molar-refractivity contribution >= 4 is 63.7 Å². The van der Waals surface area contributed by atoms with Crippen molar-refractivity contribution in [3.63, 3.8) is 0 Å². The number of carbonyl (C=O) groups excluding carboxylic acids is 2. The van der Waals surface area contributed by atoms with Crippen LogP contribution in [0.5, 0.6) is 0 Å². The molecule has 2 aromatic rings. The zero-order chi connectivity index (χ0) is 22.5. The van der Waals surface area contributed by atoms with Crippen LogP contribution in [0.25, 0.3) is 6.08 Å². The maximum absolute atomic E-state index is 13.2. The first-order valence-electron chi connectivity index (χ1n) is 10.6. The van der Waals surface area contributed by atoms with Crippen LogP contribution in [0.3, 0.4) is 0 Å². The first-order valence-corrected chi connectivity index (χ1v) is 12.3. The first-order chi connectivity index (χ1) is 15.5. The van der Waals surface area contributed by atoms with E-state index in [2.05, 4.69) is 10.3 Å². The molecule has 8 heteroatoms. The molecule has 1 saturated carbocycles. The van der Waals surface area contributed by atoms with Crippen LogP contribution in [0.2, 0.25) is 10.0 Å². The topological polar surface area (TPSA) is 61.8 Å². The van der Waals surface area contributed by atoms with E-state index in [4.69, 9.17) is 23.2 Å². The number of thioether (sulfide) groups is 1. The SMILES string of the molecule is O=C(CSC1=N/C(=C/c2c(Cl)cccc2Cl)C(=O)N1c1ccccc1)NC1CCCCC1. The van der Waals surface area contributed by atoms with Gasteiger partial charge in [-0.05, 0) is 43.2 Å². The minimum atomic E-state index is -0.289. The van der Waals surface area contributed by atoms with Crippen LogP contribution in [0, 0.1) is 0 Å². The Kier molecular flexibility index (Phi) is 7.55. The molecule has 0 unspecified atom stereocenters.